The Balaban J connectivity index is 2.27. The first kappa shape index (κ1) is 10.4. The van der Waals surface area contributed by atoms with E-state index in [1.807, 2.05) is 0 Å². The summed E-state index contributed by atoms with van der Waals surface area (Å²) in [7, 11) is 0. The van der Waals surface area contributed by atoms with E-state index in [0.717, 1.165) is 6.42 Å². The minimum Gasteiger partial charge on any atom is -0.481 e. The van der Waals surface area contributed by atoms with Crippen molar-refractivity contribution >= 4 is 17.6 Å². The summed E-state index contributed by atoms with van der Waals surface area (Å²) in [6.45, 7) is 0. The van der Waals surface area contributed by atoms with Crippen LogP contribution in [0.15, 0.2) is 18.2 Å². The SMILES string of the molecule is O=C(O)[C@@H]1CC[C@@H]1c1ccc(Cl)cc1F. The van der Waals surface area contributed by atoms with Gasteiger partial charge in [-0.15, -0.1) is 0 Å². The quantitative estimate of drug-likeness (QED) is 0.845. The van der Waals surface area contributed by atoms with Gasteiger partial charge in [-0.2, -0.15) is 0 Å². The first-order chi connectivity index (χ1) is 7.09. The van der Waals surface area contributed by atoms with Gasteiger partial charge in [0.25, 0.3) is 0 Å². The molecule has 0 saturated heterocycles. The highest BCUT2D eigenvalue weighted by Crippen LogP contribution is 2.43. The fourth-order valence-corrected chi connectivity index (χ4v) is 2.13. The van der Waals surface area contributed by atoms with Crippen LogP contribution in [0.4, 0.5) is 4.39 Å². The van der Waals surface area contributed by atoms with Gasteiger partial charge in [0.15, 0.2) is 0 Å². The summed E-state index contributed by atoms with van der Waals surface area (Å²) in [6, 6.07) is 4.41. The first-order valence-electron chi connectivity index (χ1n) is 4.77. The molecule has 0 amide bonds. The van der Waals surface area contributed by atoms with Gasteiger partial charge in [-0.25, -0.2) is 4.39 Å². The predicted octanol–water partition coefficient (Wildman–Crippen LogP) is 3.06. The third-order valence-electron chi connectivity index (χ3n) is 2.95. The average molecular weight is 229 g/mol. The van der Waals surface area contributed by atoms with Crippen LogP contribution in [-0.2, 0) is 4.79 Å². The van der Waals surface area contributed by atoms with Crippen molar-refractivity contribution in [3.8, 4) is 0 Å². The topological polar surface area (TPSA) is 37.3 Å². The number of aliphatic carboxylic acids is 1. The molecule has 1 aromatic rings. The molecule has 0 unspecified atom stereocenters. The molecule has 0 aliphatic heterocycles. The first-order valence-corrected chi connectivity index (χ1v) is 5.15. The van der Waals surface area contributed by atoms with E-state index in [1.165, 1.54) is 6.07 Å². The molecule has 4 heteroatoms. The molecular formula is C11H10ClFO2. The molecule has 1 aromatic carbocycles. The molecule has 2 rings (SSSR count). The molecule has 1 fully saturated rings. The van der Waals surface area contributed by atoms with Crippen molar-refractivity contribution < 1.29 is 14.3 Å². The molecule has 2 nitrogen and oxygen atoms in total. The summed E-state index contributed by atoms with van der Waals surface area (Å²) < 4.78 is 13.5. The molecule has 1 aliphatic rings. The summed E-state index contributed by atoms with van der Waals surface area (Å²) in [4.78, 5) is 10.8. The van der Waals surface area contributed by atoms with E-state index in [1.54, 1.807) is 12.1 Å². The molecule has 0 spiro atoms. The molecular weight excluding hydrogens is 219 g/mol. The van der Waals surface area contributed by atoms with Crippen molar-refractivity contribution in [1.29, 1.82) is 0 Å². The maximum Gasteiger partial charge on any atom is 0.307 e. The van der Waals surface area contributed by atoms with Gasteiger partial charge in [-0.3, -0.25) is 4.79 Å². The van der Waals surface area contributed by atoms with E-state index in [0.29, 0.717) is 17.0 Å². The maximum absolute atomic E-state index is 13.5. The number of hydrogen-bond acceptors (Lipinski definition) is 1. The molecule has 0 aromatic heterocycles. The standard InChI is InChI=1S/C11H10ClFO2/c12-6-1-2-8(10(13)5-6)7-3-4-9(7)11(14)15/h1-2,5,7,9H,3-4H2,(H,14,15)/t7-,9-/m1/s1. The zero-order chi connectivity index (χ0) is 11.0. The number of benzene rings is 1. The van der Waals surface area contributed by atoms with Crippen LogP contribution in [0.2, 0.25) is 5.02 Å². The van der Waals surface area contributed by atoms with Crippen molar-refractivity contribution in [3.05, 3.63) is 34.6 Å². The molecule has 0 heterocycles. The summed E-state index contributed by atoms with van der Waals surface area (Å²) >= 11 is 5.63. The van der Waals surface area contributed by atoms with Crippen LogP contribution in [-0.4, -0.2) is 11.1 Å². The number of hydrogen-bond donors (Lipinski definition) is 1. The summed E-state index contributed by atoms with van der Waals surface area (Å²) in [6.07, 6.45) is 1.36. The average Bonchev–Trinajstić information content (AvgIpc) is 2.06. The zero-order valence-electron chi connectivity index (χ0n) is 7.91. The second-order valence-electron chi connectivity index (χ2n) is 3.79. The zero-order valence-corrected chi connectivity index (χ0v) is 8.67. The Morgan fingerprint density at radius 3 is 2.67 bits per heavy atom. The van der Waals surface area contributed by atoms with E-state index in [9.17, 15) is 9.18 Å². The van der Waals surface area contributed by atoms with Crippen LogP contribution in [0.1, 0.15) is 24.3 Å². The van der Waals surface area contributed by atoms with Gasteiger partial charge < -0.3 is 5.11 Å². The van der Waals surface area contributed by atoms with Crippen LogP contribution in [0, 0.1) is 11.7 Å². The molecule has 2 atom stereocenters. The lowest BCUT2D eigenvalue weighted by atomic mass is 9.70. The summed E-state index contributed by atoms with van der Waals surface area (Å²) in [5.41, 5.74) is 0.470. The van der Waals surface area contributed by atoms with E-state index in [4.69, 9.17) is 16.7 Å². The fraction of sp³-hybridized carbons (Fsp3) is 0.364. The number of carbonyl (C=O) groups is 1. The minimum absolute atomic E-state index is 0.195. The van der Waals surface area contributed by atoms with Crippen LogP contribution >= 0.6 is 11.6 Å². The van der Waals surface area contributed by atoms with Crippen molar-refractivity contribution in [3.63, 3.8) is 0 Å². The van der Waals surface area contributed by atoms with Gasteiger partial charge in [0.05, 0.1) is 5.92 Å². The van der Waals surface area contributed by atoms with Gasteiger partial charge in [0.1, 0.15) is 5.82 Å². The highest BCUT2D eigenvalue weighted by atomic mass is 35.5. The molecule has 0 bridgehead atoms. The third kappa shape index (κ3) is 1.84. The molecule has 1 saturated carbocycles. The molecule has 1 aliphatic carbocycles. The van der Waals surface area contributed by atoms with Gasteiger partial charge in [-0.1, -0.05) is 17.7 Å². The number of carboxylic acids is 1. The predicted molar refractivity (Wildman–Crippen MR) is 54.5 cm³/mol. The van der Waals surface area contributed by atoms with Gasteiger partial charge >= 0.3 is 5.97 Å². The van der Waals surface area contributed by atoms with Crippen LogP contribution in [0.5, 0.6) is 0 Å². The highest BCUT2D eigenvalue weighted by molar-refractivity contribution is 6.30. The van der Waals surface area contributed by atoms with Gasteiger partial charge in [0, 0.05) is 10.9 Å². The molecule has 1 N–H and O–H groups in total. The van der Waals surface area contributed by atoms with E-state index < -0.39 is 17.7 Å². The fourth-order valence-electron chi connectivity index (χ4n) is 1.97. The Bertz CT molecular complexity index is 406. The Morgan fingerprint density at radius 2 is 2.20 bits per heavy atom. The number of rotatable bonds is 2. The Labute approximate surface area is 91.7 Å². The van der Waals surface area contributed by atoms with Crippen molar-refractivity contribution in [1.82, 2.24) is 0 Å². The van der Waals surface area contributed by atoms with E-state index in [-0.39, 0.29) is 5.92 Å². The summed E-state index contributed by atoms with van der Waals surface area (Å²) in [5, 5.41) is 9.20. The minimum atomic E-state index is -0.847. The number of carboxylic acid groups (broad SMARTS) is 1. The largest absolute Gasteiger partial charge is 0.481 e. The van der Waals surface area contributed by atoms with E-state index in [2.05, 4.69) is 0 Å². The Morgan fingerprint density at radius 1 is 1.47 bits per heavy atom. The van der Waals surface area contributed by atoms with Crippen molar-refractivity contribution in [2.45, 2.75) is 18.8 Å². The molecule has 15 heavy (non-hydrogen) atoms. The van der Waals surface area contributed by atoms with Crippen LogP contribution in [0.3, 0.4) is 0 Å². The smallest absolute Gasteiger partial charge is 0.307 e. The lowest BCUT2D eigenvalue weighted by Crippen LogP contribution is -2.31. The third-order valence-corrected chi connectivity index (χ3v) is 3.19. The van der Waals surface area contributed by atoms with E-state index >= 15 is 0 Å². The lowest BCUT2D eigenvalue weighted by Gasteiger charge is -2.33. The van der Waals surface area contributed by atoms with Gasteiger partial charge in [0.2, 0.25) is 0 Å². The Kier molecular flexibility index (Phi) is 2.65. The van der Waals surface area contributed by atoms with Crippen LogP contribution in [0.25, 0.3) is 0 Å². The molecule has 0 radical (unpaired) electrons. The second-order valence-corrected chi connectivity index (χ2v) is 4.23. The second kappa shape index (κ2) is 3.81. The van der Waals surface area contributed by atoms with Crippen molar-refractivity contribution in [2.24, 2.45) is 5.92 Å². The maximum atomic E-state index is 13.5. The monoisotopic (exact) mass is 228 g/mol. The molecule has 80 valence electrons. The van der Waals surface area contributed by atoms with Crippen LogP contribution < -0.4 is 0 Å². The van der Waals surface area contributed by atoms with Gasteiger partial charge in [-0.05, 0) is 30.5 Å². The normalized spacial score (nSPS) is 24.7. The number of halogens is 2. The lowest BCUT2D eigenvalue weighted by molar-refractivity contribution is -0.145. The van der Waals surface area contributed by atoms with Crippen molar-refractivity contribution in [2.75, 3.05) is 0 Å². The highest BCUT2D eigenvalue weighted by Gasteiger charge is 2.38. The Hall–Kier alpha value is -1.09. The summed E-state index contributed by atoms with van der Waals surface area (Å²) in [5.74, 6) is -1.89.